The van der Waals surface area contributed by atoms with E-state index in [9.17, 15) is 4.79 Å². The number of thiazole rings is 1. The molecule has 1 fully saturated rings. The highest BCUT2D eigenvalue weighted by Gasteiger charge is 2.36. The van der Waals surface area contributed by atoms with Crippen molar-refractivity contribution in [2.75, 3.05) is 13.1 Å². The van der Waals surface area contributed by atoms with Crippen LogP contribution in [0.4, 0.5) is 0 Å². The minimum absolute atomic E-state index is 0. The average molecular weight is 428 g/mol. The van der Waals surface area contributed by atoms with Crippen molar-refractivity contribution in [1.82, 2.24) is 9.88 Å². The van der Waals surface area contributed by atoms with Gasteiger partial charge in [-0.05, 0) is 36.1 Å². The van der Waals surface area contributed by atoms with Gasteiger partial charge in [0.1, 0.15) is 0 Å². The lowest BCUT2D eigenvalue weighted by Crippen LogP contribution is -2.53. The number of rotatable bonds is 2. The molecule has 4 rings (SSSR count). The van der Waals surface area contributed by atoms with Crippen molar-refractivity contribution >= 4 is 52.3 Å². The zero-order valence-electron chi connectivity index (χ0n) is 15.2. The fraction of sp³-hybridized carbons (Fsp3) is 0.368. The number of nitrogens with zero attached hydrogens (tertiary/aromatic N) is 2. The molecule has 1 aliphatic heterocycles. The van der Waals surface area contributed by atoms with Gasteiger partial charge in [0, 0.05) is 19.1 Å². The molecular formula is C19H23Cl2N3O2S. The molecule has 5 nitrogen and oxygen atoms in total. The van der Waals surface area contributed by atoms with Gasteiger partial charge in [-0.15, -0.1) is 36.2 Å². The second-order valence-corrected chi connectivity index (χ2v) is 8.29. The summed E-state index contributed by atoms with van der Waals surface area (Å²) in [5, 5.41) is 0.793. The van der Waals surface area contributed by atoms with Gasteiger partial charge in [-0.1, -0.05) is 26.0 Å². The fourth-order valence-corrected chi connectivity index (χ4v) is 4.18. The van der Waals surface area contributed by atoms with Crippen molar-refractivity contribution in [2.45, 2.75) is 26.3 Å². The molecule has 2 N–H and O–H groups in total. The number of para-hydroxylation sites is 1. The molecule has 1 unspecified atom stereocenters. The number of carbonyl (C=O) groups excluding carboxylic acids is 1. The smallest absolute Gasteiger partial charge is 0.289 e. The number of carbonyl (C=O) groups is 1. The molecule has 0 radical (unpaired) electrons. The minimum atomic E-state index is -0.0869. The first kappa shape index (κ1) is 21.7. The lowest BCUT2D eigenvalue weighted by molar-refractivity contribution is 0.0504. The van der Waals surface area contributed by atoms with E-state index >= 15 is 0 Å². The van der Waals surface area contributed by atoms with Gasteiger partial charge in [-0.2, -0.15) is 0 Å². The second kappa shape index (κ2) is 8.19. The Morgan fingerprint density at radius 2 is 2.00 bits per heavy atom. The van der Waals surface area contributed by atoms with Crippen LogP contribution in [0.25, 0.3) is 21.0 Å². The normalized spacial score (nSPS) is 18.6. The summed E-state index contributed by atoms with van der Waals surface area (Å²) < 4.78 is 6.94. The van der Waals surface area contributed by atoms with Gasteiger partial charge in [0.15, 0.2) is 16.5 Å². The topological polar surface area (TPSA) is 72.4 Å². The van der Waals surface area contributed by atoms with E-state index in [1.807, 2.05) is 35.2 Å². The summed E-state index contributed by atoms with van der Waals surface area (Å²) in [5.74, 6) is 0.922. The molecule has 0 bridgehead atoms. The molecule has 0 aliphatic carbocycles. The van der Waals surface area contributed by atoms with Crippen LogP contribution >= 0.6 is 36.2 Å². The minimum Gasteiger partial charge on any atom is -0.448 e. The van der Waals surface area contributed by atoms with E-state index in [-0.39, 0.29) is 42.2 Å². The Labute approximate surface area is 174 Å². The zero-order chi connectivity index (χ0) is 17.6. The molecule has 0 saturated carbocycles. The van der Waals surface area contributed by atoms with E-state index in [1.54, 1.807) is 17.4 Å². The molecule has 1 aliphatic rings. The molecule has 27 heavy (non-hydrogen) atoms. The van der Waals surface area contributed by atoms with Crippen molar-refractivity contribution in [3.63, 3.8) is 0 Å². The molecule has 8 heteroatoms. The Morgan fingerprint density at radius 1 is 1.26 bits per heavy atom. The maximum absolute atomic E-state index is 12.8. The number of hydrogen-bond donors (Lipinski definition) is 1. The third-order valence-corrected chi connectivity index (χ3v) is 5.97. The Hall–Kier alpha value is -1.60. The summed E-state index contributed by atoms with van der Waals surface area (Å²) >= 11 is 1.56. The van der Waals surface area contributed by atoms with E-state index in [0.717, 1.165) is 21.6 Å². The second-order valence-electron chi connectivity index (χ2n) is 7.26. The van der Waals surface area contributed by atoms with E-state index < -0.39 is 0 Å². The standard InChI is InChI=1S/C19H21N3O2S.2ClH/c1-19(2)11-22(10-9-16(19)20)18(23)14-8-7-13(24-14)17-21-12-5-3-4-6-15(12)25-17;;/h3-8,16H,9-11,20H2,1-2H3;2*1H. The lowest BCUT2D eigenvalue weighted by atomic mass is 9.79. The quantitative estimate of drug-likeness (QED) is 0.648. The summed E-state index contributed by atoms with van der Waals surface area (Å²) in [5.41, 5.74) is 7.02. The predicted molar refractivity (Wildman–Crippen MR) is 114 cm³/mol. The van der Waals surface area contributed by atoms with Crippen molar-refractivity contribution in [2.24, 2.45) is 11.1 Å². The molecule has 1 aromatic carbocycles. The number of hydrogen-bond acceptors (Lipinski definition) is 5. The number of amides is 1. The summed E-state index contributed by atoms with van der Waals surface area (Å²) in [4.78, 5) is 19.2. The maximum Gasteiger partial charge on any atom is 0.289 e. The molecule has 1 amide bonds. The van der Waals surface area contributed by atoms with Gasteiger partial charge in [0.25, 0.3) is 5.91 Å². The Kier molecular flexibility index (Phi) is 6.58. The molecular weight excluding hydrogens is 405 g/mol. The highest BCUT2D eigenvalue weighted by Crippen LogP contribution is 2.32. The molecule has 3 heterocycles. The van der Waals surface area contributed by atoms with Gasteiger partial charge in [-0.25, -0.2) is 4.98 Å². The molecule has 1 saturated heterocycles. The first-order valence-corrected chi connectivity index (χ1v) is 9.26. The van der Waals surface area contributed by atoms with Crippen molar-refractivity contribution in [1.29, 1.82) is 0 Å². The maximum atomic E-state index is 12.8. The lowest BCUT2D eigenvalue weighted by Gasteiger charge is -2.42. The Balaban J connectivity index is 0.00000131. The van der Waals surface area contributed by atoms with Crippen molar-refractivity contribution in [3.8, 4) is 10.8 Å². The van der Waals surface area contributed by atoms with Gasteiger partial charge >= 0.3 is 0 Å². The third-order valence-electron chi connectivity index (χ3n) is 4.92. The van der Waals surface area contributed by atoms with Crippen LogP contribution in [0.1, 0.15) is 30.8 Å². The first-order chi connectivity index (χ1) is 11.9. The Bertz CT molecular complexity index is 905. The van der Waals surface area contributed by atoms with E-state index in [1.165, 1.54) is 0 Å². The summed E-state index contributed by atoms with van der Waals surface area (Å²) in [6.45, 7) is 5.52. The van der Waals surface area contributed by atoms with Crippen LogP contribution in [0, 0.1) is 5.41 Å². The third kappa shape index (κ3) is 4.14. The molecule has 3 aromatic rings. The van der Waals surface area contributed by atoms with Crippen LogP contribution in [0.3, 0.4) is 0 Å². The van der Waals surface area contributed by atoms with Crippen LogP contribution in [-0.2, 0) is 0 Å². The van der Waals surface area contributed by atoms with Crippen LogP contribution in [0.15, 0.2) is 40.8 Å². The number of aromatic nitrogens is 1. The first-order valence-electron chi connectivity index (χ1n) is 8.45. The van der Waals surface area contributed by atoms with Crippen molar-refractivity contribution in [3.05, 3.63) is 42.2 Å². The number of benzene rings is 1. The number of fused-ring (bicyclic) bond motifs is 1. The van der Waals surface area contributed by atoms with Crippen LogP contribution < -0.4 is 5.73 Å². The van der Waals surface area contributed by atoms with Gasteiger partial charge < -0.3 is 15.1 Å². The number of furan rings is 1. The number of likely N-dealkylation sites (tertiary alicyclic amines) is 1. The average Bonchev–Trinajstić information content (AvgIpc) is 3.22. The Morgan fingerprint density at radius 3 is 2.70 bits per heavy atom. The monoisotopic (exact) mass is 427 g/mol. The molecule has 146 valence electrons. The summed E-state index contributed by atoms with van der Waals surface area (Å²) in [6.07, 6.45) is 0.810. The number of halogens is 2. The van der Waals surface area contributed by atoms with E-state index in [2.05, 4.69) is 18.8 Å². The summed E-state index contributed by atoms with van der Waals surface area (Å²) in [7, 11) is 0. The number of piperidine rings is 1. The van der Waals surface area contributed by atoms with Gasteiger partial charge in [0.2, 0.25) is 0 Å². The van der Waals surface area contributed by atoms with Crippen LogP contribution in [-0.4, -0.2) is 34.9 Å². The van der Waals surface area contributed by atoms with Crippen molar-refractivity contribution < 1.29 is 9.21 Å². The molecule has 0 spiro atoms. The highest BCUT2D eigenvalue weighted by molar-refractivity contribution is 7.21. The predicted octanol–water partition coefficient (Wildman–Crippen LogP) is 4.60. The van der Waals surface area contributed by atoms with Crippen LogP contribution in [0.5, 0.6) is 0 Å². The summed E-state index contributed by atoms with van der Waals surface area (Å²) in [6, 6.07) is 11.6. The fourth-order valence-electron chi connectivity index (χ4n) is 3.25. The van der Waals surface area contributed by atoms with E-state index in [4.69, 9.17) is 10.2 Å². The molecule has 2 aromatic heterocycles. The van der Waals surface area contributed by atoms with Crippen LogP contribution in [0.2, 0.25) is 0 Å². The van der Waals surface area contributed by atoms with Gasteiger partial charge in [0.05, 0.1) is 10.2 Å². The zero-order valence-corrected chi connectivity index (χ0v) is 17.6. The highest BCUT2D eigenvalue weighted by atomic mass is 35.5. The number of nitrogens with two attached hydrogens (primary N) is 1. The molecule has 1 atom stereocenters. The van der Waals surface area contributed by atoms with E-state index in [0.29, 0.717) is 24.6 Å². The van der Waals surface area contributed by atoms with Gasteiger partial charge in [-0.3, -0.25) is 4.79 Å². The largest absolute Gasteiger partial charge is 0.448 e. The SMILES string of the molecule is CC1(C)CN(C(=O)c2ccc(-c3nc4ccccc4s3)o2)CCC1N.Cl.Cl.